The van der Waals surface area contributed by atoms with Crippen molar-refractivity contribution in [3.63, 3.8) is 0 Å². The van der Waals surface area contributed by atoms with Gasteiger partial charge in [-0.2, -0.15) is 0 Å². The van der Waals surface area contributed by atoms with E-state index in [0.29, 0.717) is 6.54 Å². The number of hydrogen-bond donors (Lipinski definition) is 1. The summed E-state index contributed by atoms with van der Waals surface area (Å²) in [7, 11) is 0. The van der Waals surface area contributed by atoms with Crippen molar-refractivity contribution in [2.45, 2.75) is 59.1 Å². The van der Waals surface area contributed by atoms with Crippen molar-refractivity contribution >= 4 is 11.8 Å². The van der Waals surface area contributed by atoms with Crippen LogP contribution in [-0.4, -0.2) is 40.7 Å². The van der Waals surface area contributed by atoms with Crippen LogP contribution in [0.4, 0.5) is 10.5 Å². The molecular formula is C17H27N3O2. The van der Waals surface area contributed by atoms with Crippen LogP contribution in [0.2, 0.25) is 0 Å². The lowest BCUT2D eigenvalue weighted by molar-refractivity contribution is 0.0206. The Morgan fingerprint density at radius 1 is 1.32 bits per heavy atom. The molecule has 1 aromatic heterocycles. The monoisotopic (exact) mass is 305 g/mol. The standard InChI is InChI=1S/C17H27N3O2/c1-12-9-15(10-13(2)18-12)19-14-7-6-8-20(11-14)16(21)22-17(3,4)5/h9-10,14H,6-8,11H2,1-5H3,(H,18,19). The molecule has 2 rings (SSSR count). The first kappa shape index (κ1) is 16.6. The molecule has 5 nitrogen and oxygen atoms in total. The van der Waals surface area contributed by atoms with Gasteiger partial charge < -0.3 is 15.0 Å². The molecule has 0 spiro atoms. The minimum atomic E-state index is -0.448. The van der Waals surface area contributed by atoms with Crippen LogP contribution in [0, 0.1) is 13.8 Å². The SMILES string of the molecule is Cc1cc(NC2CCCN(C(=O)OC(C)(C)C)C2)cc(C)n1. The number of pyridine rings is 1. The Morgan fingerprint density at radius 2 is 1.95 bits per heavy atom. The highest BCUT2D eigenvalue weighted by atomic mass is 16.6. The number of amides is 1. The maximum Gasteiger partial charge on any atom is 0.410 e. The predicted molar refractivity (Wildman–Crippen MR) is 88.2 cm³/mol. The van der Waals surface area contributed by atoms with Crippen LogP contribution in [0.1, 0.15) is 45.0 Å². The number of aryl methyl sites for hydroxylation is 2. The molecule has 1 N–H and O–H groups in total. The fraction of sp³-hybridized carbons (Fsp3) is 0.647. The number of likely N-dealkylation sites (tertiary alicyclic amines) is 1. The summed E-state index contributed by atoms with van der Waals surface area (Å²) in [6, 6.07) is 4.33. The molecule has 2 heterocycles. The number of carbonyl (C=O) groups is 1. The molecule has 0 saturated carbocycles. The van der Waals surface area contributed by atoms with Crippen molar-refractivity contribution in [2.75, 3.05) is 18.4 Å². The van der Waals surface area contributed by atoms with Crippen molar-refractivity contribution < 1.29 is 9.53 Å². The van der Waals surface area contributed by atoms with E-state index in [9.17, 15) is 4.79 Å². The molecule has 22 heavy (non-hydrogen) atoms. The molecule has 5 heteroatoms. The van der Waals surface area contributed by atoms with Gasteiger partial charge in [0, 0.05) is 36.2 Å². The summed E-state index contributed by atoms with van der Waals surface area (Å²) in [5, 5.41) is 3.52. The predicted octanol–water partition coefficient (Wildman–Crippen LogP) is 3.51. The van der Waals surface area contributed by atoms with Crippen LogP contribution in [0.15, 0.2) is 12.1 Å². The molecule has 0 bridgehead atoms. The number of rotatable bonds is 2. The Kier molecular flexibility index (Phi) is 4.94. The van der Waals surface area contributed by atoms with E-state index >= 15 is 0 Å². The van der Waals surface area contributed by atoms with Gasteiger partial charge in [0.2, 0.25) is 0 Å². The first-order chi connectivity index (χ1) is 10.2. The van der Waals surface area contributed by atoms with E-state index in [1.807, 2.05) is 46.8 Å². The van der Waals surface area contributed by atoms with Gasteiger partial charge in [-0.1, -0.05) is 0 Å². The molecule has 1 fully saturated rings. The fourth-order valence-electron chi connectivity index (χ4n) is 2.74. The topological polar surface area (TPSA) is 54.5 Å². The summed E-state index contributed by atoms with van der Waals surface area (Å²) in [4.78, 5) is 18.4. The van der Waals surface area contributed by atoms with E-state index in [1.165, 1.54) is 0 Å². The third kappa shape index (κ3) is 4.90. The molecule has 122 valence electrons. The van der Waals surface area contributed by atoms with Crippen molar-refractivity contribution in [3.05, 3.63) is 23.5 Å². The van der Waals surface area contributed by atoms with Gasteiger partial charge in [-0.15, -0.1) is 0 Å². The van der Waals surface area contributed by atoms with E-state index in [1.54, 1.807) is 4.90 Å². The maximum atomic E-state index is 12.2. The van der Waals surface area contributed by atoms with Crippen LogP contribution < -0.4 is 5.32 Å². The van der Waals surface area contributed by atoms with Gasteiger partial charge in [0.25, 0.3) is 0 Å². The van der Waals surface area contributed by atoms with Crippen molar-refractivity contribution in [1.29, 1.82) is 0 Å². The second-order valence-electron chi connectivity index (χ2n) is 7.05. The molecule has 1 atom stereocenters. The number of nitrogens with one attached hydrogen (secondary N) is 1. The molecule has 0 radical (unpaired) electrons. The smallest absolute Gasteiger partial charge is 0.410 e. The van der Waals surface area contributed by atoms with Crippen molar-refractivity contribution in [3.8, 4) is 0 Å². The van der Waals surface area contributed by atoms with E-state index in [-0.39, 0.29) is 12.1 Å². The van der Waals surface area contributed by atoms with Crippen LogP contribution >= 0.6 is 0 Å². The summed E-state index contributed by atoms with van der Waals surface area (Å²) in [5.74, 6) is 0. The molecule has 1 amide bonds. The van der Waals surface area contributed by atoms with Gasteiger partial charge in [0.15, 0.2) is 0 Å². The lowest BCUT2D eigenvalue weighted by Crippen LogP contribution is -2.47. The zero-order valence-electron chi connectivity index (χ0n) is 14.3. The minimum absolute atomic E-state index is 0.221. The van der Waals surface area contributed by atoms with Gasteiger partial charge in [0.05, 0.1) is 0 Å². The van der Waals surface area contributed by atoms with Crippen LogP contribution in [0.5, 0.6) is 0 Å². The Balaban J connectivity index is 1.97. The van der Waals surface area contributed by atoms with Gasteiger partial charge >= 0.3 is 6.09 Å². The van der Waals surface area contributed by atoms with E-state index in [0.717, 1.165) is 36.5 Å². The Labute approximate surface area is 133 Å². The zero-order chi connectivity index (χ0) is 16.3. The molecule has 0 aliphatic carbocycles. The van der Waals surface area contributed by atoms with Crippen LogP contribution in [0.3, 0.4) is 0 Å². The molecule has 1 unspecified atom stereocenters. The summed E-state index contributed by atoms with van der Waals surface area (Å²) in [5.41, 5.74) is 2.63. The molecular weight excluding hydrogens is 278 g/mol. The summed E-state index contributed by atoms with van der Waals surface area (Å²) < 4.78 is 5.46. The summed E-state index contributed by atoms with van der Waals surface area (Å²) >= 11 is 0. The Morgan fingerprint density at radius 3 is 2.55 bits per heavy atom. The fourth-order valence-corrected chi connectivity index (χ4v) is 2.74. The summed E-state index contributed by atoms with van der Waals surface area (Å²) in [6.07, 6.45) is 1.82. The largest absolute Gasteiger partial charge is 0.444 e. The highest BCUT2D eigenvalue weighted by Gasteiger charge is 2.27. The molecule has 1 aliphatic rings. The van der Waals surface area contributed by atoms with Gasteiger partial charge in [-0.3, -0.25) is 4.98 Å². The number of anilines is 1. The van der Waals surface area contributed by atoms with E-state index in [2.05, 4.69) is 10.3 Å². The van der Waals surface area contributed by atoms with Crippen molar-refractivity contribution in [1.82, 2.24) is 9.88 Å². The number of piperidine rings is 1. The van der Waals surface area contributed by atoms with Gasteiger partial charge in [-0.05, 0) is 59.6 Å². The zero-order valence-corrected chi connectivity index (χ0v) is 14.3. The number of hydrogen-bond acceptors (Lipinski definition) is 4. The van der Waals surface area contributed by atoms with Crippen LogP contribution in [-0.2, 0) is 4.74 Å². The normalized spacial score (nSPS) is 19.0. The molecule has 1 aromatic rings. The molecule has 1 saturated heterocycles. The number of nitrogens with zero attached hydrogens (tertiary/aromatic N) is 2. The highest BCUT2D eigenvalue weighted by Crippen LogP contribution is 2.19. The number of aromatic nitrogens is 1. The minimum Gasteiger partial charge on any atom is -0.444 e. The first-order valence-corrected chi connectivity index (χ1v) is 7.93. The Bertz CT molecular complexity index is 517. The molecule has 1 aliphatic heterocycles. The van der Waals surface area contributed by atoms with E-state index in [4.69, 9.17) is 4.74 Å². The average Bonchev–Trinajstić information content (AvgIpc) is 2.35. The van der Waals surface area contributed by atoms with Gasteiger partial charge in [0.1, 0.15) is 5.60 Å². The first-order valence-electron chi connectivity index (χ1n) is 7.93. The quantitative estimate of drug-likeness (QED) is 0.908. The van der Waals surface area contributed by atoms with Crippen molar-refractivity contribution in [2.24, 2.45) is 0 Å². The van der Waals surface area contributed by atoms with Gasteiger partial charge in [-0.25, -0.2) is 4.79 Å². The maximum absolute atomic E-state index is 12.2. The number of ether oxygens (including phenoxy) is 1. The number of carbonyl (C=O) groups excluding carboxylic acids is 1. The lowest BCUT2D eigenvalue weighted by atomic mass is 10.1. The second-order valence-corrected chi connectivity index (χ2v) is 7.05. The third-order valence-electron chi connectivity index (χ3n) is 3.53. The van der Waals surface area contributed by atoms with E-state index < -0.39 is 5.60 Å². The third-order valence-corrected chi connectivity index (χ3v) is 3.53. The summed E-state index contributed by atoms with van der Waals surface area (Å²) in [6.45, 7) is 11.1. The lowest BCUT2D eigenvalue weighted by Gasteiger charge is -2.34. The average molecular weight is 305 g/mol. The Hall–Kier alpha value is -1.78. The molecule has 0 aromatic carbocycles. The highest BCUT2D eigenvalue weighted by molar-refractivity contribution is 5.68. The van der Waals surface area contributed by atoms with Crippen LogP contribution in [0.25, 0.3) is 0 Å². The second kappa shape index (κ2) is 6.55.